The minimum atomic E-state index is -3.71. The molecule has 1 saturated heterocycles. The van der Waals surface area contributed by atoms with Crippen LogP contribution in [0.15, 0.2) is 41.3 Å². The highest BCUT2D eigenvalue weighted by Crippen LogP contribution is 2.32. The first-order valence-corrected chi connectivity index (χ1v) is 11.9. The predicted octanol–water partition coefficient (Wildman–Crippen LogP) is 4.07. The van der Waals surface area contributed by atoms with Crippen molar-refractivity contribution in [1.29, 1.82) is 0 Å². The Morgan fingerprint density at radius 1 is 1.03 bits per heavy atom. The Morgan fingerprint density at radius 2 is 1.76 bits per heavy atom. The first-order chi connectivity index (χ1) is 15.6. The summed E-state index contributed by atoms with van der Waals surface area (Å²) in [6.07, 6.45) is 2.23. The Bertz CT molecular complexity index is 1210. The number of piperazine rings is 1. The quantitative estimate of drug-likeness (QED) is 0.584. The van der Waals surface area contributed by atoms with Crippen molar-refractivity contribution < 1.29 is 31.1 Å². The second kappa shape index (κ2) is 9.18. The third-order valence-electron chi connectivity index (χ3n) is 5.90. The molecule has 1 fully saturated rings. The van der Waals surface area contributed by atoms with Crippen molar-refractivity contribution in [2.24, 2.45) is 0 Å². The summed E-state index contributed by atoms with van der Waals surface area (Å²) in [7, 11) is -3.71. The van der Waals surface area contributed by atoms with Gasteiger partial charge in [0.15, 0.2) is 5.78 Å². The lowest BCUT2D eigenvalue weighted by Crippen LogP contribution is -2.49. The molecular weight excluding hydrogens is 457 g/mol. The van der Waals surface area contributed by atoms with Gasteiger partial charge in [-0.15, -0.1) is 0 Å². The van der Waals surface area contributed by atoms with Gasteiger partial charge in [-0.1, -0.05) is 6.07 Å². The second-order valence-electron chi connectivity index (χ2n) is 7.96. The van der Waals surface area contributed by atoms with Crippen molar-refractivity contribution >= 4 is 27.6 Å². The van der Waals surface area contributed by atoms with Gasteiger partial charge in [0.1, 0.15) is 11.6 Å². The van der Waals surface area contributed by atoms with E-state index in [-0.39, 0.29) is 41.5 Å². The molecule has 1 heterocycles. The Kier molecular flexibility index (Phi) is 6.49. The third kappa shape index (κ3) is 4.91. The first-order valence-electron chi connectivity index (χ1n) is 10.5. The molecule has 0 atom stereocenters. The fraction of sp³-hybridized carbons (Fsp3) is 0.348. The number of benzene rings is 2. The van der Waals surface area contributed by atoms with Crippen molar-refractivity contribution in [3.63, 3.8) is 0 Å². The van der Waals surface area contributed by atoms with E-state index in [0.717, 1.165) is 5.56 Å². The SMILES string of the molecule is CC(=O)c1ccc(N2CCN(S(=O)(=O)C3=Cc4ccc(OC(F)F)cc4CC3)CC2)c(F)c1. The zero-order chi connectivity index (χ0) is 23.8. The number of hydrogen-bond donors (Lipinski definition) is 0. The number of carbonyl (C=O) groups is 1. The van der Waals surface area contributed by atoms with Gasteiger partial charge in [0.25, 0.3) is 0 Å². The minimum Gasteiger partial charge on any atom is -0.435 e. The monoisotopic (exact) mass is 480 g/mol. The van der Waals surface area contributed by atoms with Gasteiger partial charge >= 0.3 is 6.61 Å². The van der Waals surface area contributed by atoms with E-state index in [2.05, 4.69) is 4.74 Å². The van der Waals surface area contributed by atoms with Crippen LogP contribution in [0.1, 0.15) is 34.8 Å². The molecule has 0 saturated carbocycles. The van der Waals surface area contributed by atoms with Crippen LogP contribution >= 0.6 is 0 Å². The number of nitrogens with zero attached hydrogens (tertiary/aromatic N) is 2. The van der Waals surface area contributed by atoms with Gasteiger partial charge in [-0.05, 0) is 67.3 Å². The summed E-state index contributed by atoms with van der Waals surface area (Å²) in [4.78, 5) is 13.5. The molecule has 0 aromatic heterocycles. The van der Waals surface area contributed by atoms with E-state index >= 15 is 0 Å². The van der Waals surface area contributed by atoms with Crippen molar-refractivity contribution in [1.82, 2.24) is 4.31 Å². The maximum atomic E-state index is 14.5. The fourth-order valence-electron chi connectivity index (χ4n) is 4.14. The van der Waals surface area contributed by atoms with E-state index in [1.54, 1.807) is 29.2 Å². The molecule has 0 amide bonds. The number of ether oxygens (including phenoxy) is 1. The van der Waals surface area contributed by atoms with Crippen molar-refractivity contribution in [2.75, 3.05) is 31.1 Å². The summed E-state index contributed by atoms with van der Waals surface area (Å²) in [5, 5.41) is 0. The number of aryl methyl sites for hydroxylation is 1. The molecule has 0 spiro atoms. The van der Waals surface area contributed by atoms with Crippen LogP contribution in [0.2, 0.25) is 0 Å². The lowest BCUT2D eigenvalue weighted by atomic mass is 9.97. The van der Waals surface area contributed by atoms with Crippen molar-refractivity contribution in [3.8, 4) is 5.75 Å². The molecule has 0 radical (unpaired) electrons. The van der Waals surface area contributed by atoms with Crippen LogP contribution in [-0.4, -0.2) is 51.3 Å². The van der Waals surface area contributed by atoms with Gasteiger partial charge in [0.2, 0.25) is 10.0 Å². The average Bonchev–Trinajstić information content (AvgIpc) is 2.78. The molecule has 0 N–H and O–H groups in total. The van der Waals surface area contributed by atoms with E-state index < -0.39 is 22.5 Å². The predicted molar refractivity (Wildman–Crippen MR) is 118 cm³/mol. The minimum absolute atomic E-state index is 0.0446. The number of Topliss-reactive ketones (excluding diaryl/α,β-unsaturated/α-hetero) is 1. The Morgan fingerprint density at radius 3 is 2.39 bits per heavy atom. The van der Waals surface area contributed by atoms with Crippen molar-refractivity contribution in [3.05, 3.63) is 63.8 Å². The van der Waals surface area contributed by atoms with Crippen LogP contribution in [0.3, 0.4) is 0 Å². The fourth-order valence-corrected chi connectivity index (χ4v) is 5.75. The summed E-state index contributed by atoms with van der Waals surface area (Å²) >= 11 is 0. The molecule has 176 valence electrons. The number of halogens is 3. The largest absolute Gasteiger partial charge is 0.435 e. The number of ketones is 1. The van der Waals surface area contributed by atoms with Crippen molar-refractivity contribution in [2.45, 2.75) is 26.4 Å². The highest BCUT2D eigenvalue weighted by Gasteiger charge is 2.32. The second-order valence-corrected chi connectivity index (χ2v) is 9.95. The summed E-state index contributed by atoms with van der Waals surface area (Å²) < 4.78 is 71.5. The Balaban J connectivity index is 1.46. The lowest BCUT2D eigenvalue weighted by Gasteiger charge is -2.36. The van der Waals surface area contributed by atoms with E-state index in [1.165, 1.54) is 29.4 Å². The van der Waals surface area contributed by atoms with Gasteiger partial charge in [-0.2, -0.15) is 13.1 Å². The standard InChI is InChI=1S/C23H23F3N2O4S/c1-15(29)16-4-7-22(21(24)14-16)27-8-10-28(11-9-27)33(30,31)20-6-3-17-12-19(32-23(25)26)5-2-18(17)13-20/h2,4-5,7,12-14,23H,3,6,8-11H2,1H3. The van der Waals surface area contributed by atoms with Crippen LogP contribution in [0.25, 0.3) is 6.08 Å². The van der Waals surface area contributed by atoms with E-state index in [1.807, 2.05) is 0 Å². The molecule has 1 aliphatic carbocycles. The molecule has 0 bridgehead atoms. The number of allylic oxidation sites excluding steroid dienone is 1. The number of fused-ring (bicyclic) bond motifs is 1. The Hall–Kier alpha value is -2.85. The lowest BCUT2D eigenvalue weighted by molar-refractivity contribution is -0.0498. The topological polar surface area (TPSA) is 66.9 Å². The van der Waals surface area contributed by atoms with Gasteiger partial charge in [-0.3, -0.25) is 4.79 Å². The molecule has 0 unspecified atom stereocenters. The molecule has 10 heteroatoms. The van der Waals surface area contributed by atoms with E-state index in [4.69, 9.17) is 0 Å². The molecule has 2 aromatic rings. The molecule has 2 aliphatic rings. The zero-order valence-electron chi connectivity index (χ0n) is 17.9. The highest BCUT2D eigenvalue weighted by molar-refractivity contribution is 7.93. The van der Waals surface area contributed by atoms with Gasteiger partial charge in [-0.25, -0.2) is 12.8 Å². The summed E-state index contributed by atoms with van der Waals surface area (Å²) in [6, 6.07) is 8.78. The molecule has 2 aromatic carbocycles. The number of rotatable bonds is 6. The average molecular weight is 481 g/mol. The summed E-state index contributed by atoms with van der Waals surface area (Å²) in [5.41, 5.74) is 2.04. The van der Waals surface area contributed by atoms with Gasteiger partial charge < -0.3 is 9.64 Å². The normalized spacial score (nSPS) is 17.0. The number of alkyl halides is 2. The van der Waals surface area contributed by atoms with Crippen LogP contribution in [0, 0.1) is 5.82 Å². The number of sulfonamides is 1. The molecule has 6 nitrogen and oxygen atoms in total. The van der Waals surface area contributed by atoms with Crippen LogP contribution < -0.4 is 9.64 Å². The maximum Gasteiger partial charge on any atom is 0.387 e. The highest BCUT2D eigenvalue weighted by atomic mass is 32.2. The van der Waals surface area contributed by atoms with E-state index in [0.29, 0.717) is 30.8 Å². The summed E-state index contributed by atoms with van der Waals surface area (Å²) in [5.74, 6) is -0.694. The summed E-state index contributed by atoms with van der Waals surface area (Å²) in [6.45, 7) is -0.533. The third-order valence-corrected chi connectivity index (χ3v) is 7.93. The Labute approximate surface area is 190 Å². The molecule has 4 rings (SSSR count). The smallest absolute Gasteiger partial charge is 0.387 e. The molecular formula is C23H23F3N2O4S. The molecule has 1 aliphatic heterocycles. The number of hydrogen-bond acceptors (Lipinski definition) is 5. The number of anilines is 1. The van der Waals surface area contributed by atoms with Gasteiger partial charge in [0.05, 0.1) is 10.6 Å². The zero-order valence-corrected chi connectivity index (χ0v) is 18.7. The van der Waals surface area contributed by atoms with Crippen LogP contribution in [-0.2, 0) is 16.4 Å². The van der Waals surface area contributed by atoms with Crippen LogP contribution in [0.5, 0.6) is 5.75 Å². The first kappa shape index (κ1) is 23.3. The number of carbonyl (C=O) groups excluding carboxylic acids is 1. The van der Waals surface area contributed by atoms with Gasteiger partial charge in [0, 0.05) is 31.7 Å². The molecule has 33 heavy (non-hydrogen) atoms. The maximum absolute atomic E-state index is 14.5. The van der Waals surface area contributed by atoms with Crippen LogP contribution in [0.4, 0.5) is 18.9 Å². The van der Waals surface area contributed by atoms with E-state index in [9.17, 15) is 26.4 Å².